The number of hydrogen-bond acceptors (Lipinski definition) is 3. The topological polar surface area (TPSA) is 58.4 Å². The second-order valence-electron chi connectivity index (χ2n) is 5.84. The molecule has 2 atom stereocenters. The van der Waals surface area contributed by atoms with Gasteiger partial charge in [0.1, 0.15) is 0 Å². The van der Waals surface area contributed by atoms with E-state index in [0.717, 1.165) is 42.6 Å². The summed E-state index contributed by atoms with van der Waals surface area (Å²) < 4.78 is 1.02. The van der Waals surface area contributed by atoms with Crippen LogP contribution in [-0.2, 0) is 11.3 Å². The van der Waals surface area contributed by atoms with Gasteiger partial charge in [0, 0.05) is 42.3 Å². The third-order valence-corrected chi connectivity index (χ3v) is 4.90. The molecule has 5 heteroatoms. The number of rotatable bonds is 2. The number of nitrogens with two attached hydrogens (primary N) is 1. The molecule has 0 spiro atoms. The Morgan fingerprint density at radius 2 is 2.25 bits per heavy atom. The summed E-state index contributed by atoms with van der Waals surface area (Å²) >= 11 is 3.44. The van der Waals surface area contributed by atoms with E-state index in [1.165, 1.54) is 5.56 Å². The number of nitrogens with one attached hydrogen (secondary N) is 1. The van der Waals surface area contributed by atoms with Crippen molar-refractivity contribution in [3.05, 3.63) is 28.2 Å². The van der Waals surface area contributed by atoms with E-state index in [0.29, 0.717) is 18.4 Å². The van der Waals surface area contributed by atoms with E-state index in [4.69, 9.17) is 5.73 Å². The van der Waals surface area contributed by atoms with Gasteiger partial charge in [0.2, 0.25) is 5.91 Å². The van der Waals surface area contributed by atoms with Crippen molar-refractivity contribution in [2.45, 2.75) is 31.8 Å². The Balaban J connectivity index is 1.63. The highest BCUT2D eigenvalue weighted by molar-refractivity contribution is 9.10. The van der Waals surface area contributed by atoms with Crippen LogP contribution in [0.4, 0.5) is 5.69 Å². The van der Waals surface area contributed by atoms with E-state index < -0.39 is 0 Å². The second kappa shape index (κ2) is 5.74. The van der Waals surface area contributed by atoms with E-state index in [9.17, 15) is 4.79 Å². The SMILES string of the molecule is Nc1cc(Br)ccc1CN1CCC2NC(=O)CCC2C1. The fourth-order valence-electron chi connectivity index (χ4n) is 3.28. The van der Waals surface area contributed by atoms with Gasteiger partial charge in [0.15, 0.2) is 0 Å². The maximum atomic E-state index is 11.4. The monoisotopic (exact) mass is 337 g/mol. The Labute approximate surface area is 127 Å². The minimum Gasteiger partial charge on any atom is -0.398 e. The molecule has 2 unspecified atom stereocenters. The zero-order valence-electron chi connectivity index (χ0n) is 11.4. The van der Waals surface area contributed by atoms with Crippen LogP contribution in [0, 0.1) is 5.92 Å². The van der Waals surface area contributed by atoms with E-state index in [1.54, 1.807) is 0 Å². The summed E-state index contributed by atoms with van der Waals surface area (Å²) in [5.41, 5.74) is 8.11. The Kier molecular flexibility index (Phi) is 3.98. The van der Waals surface area contributed by atoms with Crippen LogP contribution in [0.1, 0.15) is 24.8 Å². The van der Waals surface area contributed by atoms with Crippen LogP contribution in [0.25, 0.3) is 0 Å². The maximum absolute atomic E-state index is 11.4. The molecule has 1 aromatic carbocycles. The number of hydrogen-bond donors (Lipinski definition) is 2. The molecule has 4 nitrogen and oxygen atoms in total. The molecule has 2 aliphatic heterocycles. The molecule has 0 radical (unpaired) electrons. The second-order valence-corrected chi connectivity index (χ2v) is 6.76. The number of nitrogen functional groups attached to an aromatic ring is 1. The van der Waals surface area contributed by atoms with Crippen LogP contribution >= 0.6 is 15.9 Å². The smallest absolute Gasteiger partial charge is 0.220 e. The van der Waals surface area contributed by atoms with Gasteiger partial charge in [-0.2, -0.15) is 0 Å². The van der Waals surface area contributed by atoms with Crippen LogP contribution in [0.3, 0.4) is 0 Å². The molecule has 0 bridgehead atoms. The number of likely N-dealkylation sites (tertiary alicyclic amines) is 1. The Morgan fingerprint density at radius 3 is 3.05 bits per heavy atom. The summed E-state index contributed by atoms with van der Waals surface area (Å²) in [4.78, 5) is 13.9. The molecule has 2 heterocycles. The molecule has 2 aliphatic rings. The molecule has 3 N–H and O–H groups in total. The maximum Gasteiger partial charge on any atom is 0.220 e. The zero-order valence-corrected chi connectivity index (χ0v) is 13.0. The third-order valence-electron chi connectivity index (χ3n) is 4.41. The summed E-state index contributed by atoms with van der Waals surface area (Å²) in [5, 5.41) is 3.13. The van der Waals surface area contributed by atoms with Crippen molar-refractivity contribution in [3.63, 3.8) is 0 Å². The standard InChI is InChI=1S/C15H20BrN3O/c16-12-3-1-10(13(17)7-12)8-19-6-5-14-11(9-19)2-4-15(20)18-14/h1,3,7,11,14H,2,4-6,8-9,17H2,(H,18,20). The number of anilines is 1. The van der Waals surface area contributed by atoms with E-state index in [1.807, 2.05) is 12.1 Å². The summed E-state index contributed by atoms with van der Waals surface area (Å²) in [5.74, 6) is 0.815. The Hall–Kier alpha value is -1.07. The Morgan fingerprint density at radius 1 is 1.40 bits per heavy atom. The van der Waals surface area contributed by atoms with Crippen LogP contribution in [0.5, 0.6) is 0 Å². The molecule has 2 saturated heterocycles. The van der Waals surface area contributed by atoms with Gasteiger partial charge < -0.3 is 11.1 Å². The lowest BCUT2D eigenvalue weighted by Crippen LogP contribution is -2.53. The van der Waals surface area contributed by atoms with Crippen LogP contribution in [-0.4, -0.2) is 29.9 Å². The predicted octanol–water partition coefficient (Wildman–Crippen LogP) is 2.13. The van der Waals surface area contributed by atoms with E-state index in [-0.39, 0.29) is 5.91 Å². The van der Waals surface area contributed by atoms with Crippen LogP contribution in [0.15, 0.2) is 22.7 Å². The average Bonchev–Trinajstić information content (AvgIpc) is 2.42. The van der Waals surface area contributed by atoms with Crippen molar-refractivity contribution < 1.29 is 4.79 Å². The highest BCUT2D eigenvalue weighted by Crippen LogP contribution is 2.27. The van der Waals surface area contributed by atoms with Crippen molar-refractivity contribution >= 4 is 27.5 Å². The van der Waals surface area contributed by atoms with Gasteiger partial charge in [0.25, 0.3) is 0 Å². The first-order chi connectivity index (χ1) is 9.61. The number of benzene rings is 1. The number of nitrogens with zero attached hydrogens (tertiary/aromatic N) is 1. The molecule has 2 fully saturated rings. The summed E-state index contributed by atoms with van der Waals surface area (Å²) in [6, 6.07) is 6.48. The summed E-state index contributed by atoms with van der Waals surface area (Å²) in [7, 11) is 0. The minimum atomic E-state index is 0.219. The van der Waals surface area contributed by atoms with E-state index in [2.05, 4.69) is 32.2 Å². The Bertz CT molecular complexity index is 520. The first-order valence-electron chi connectivity index (χ1n) is 7.17. The largest absolute Gasteiger partial charge is 0.398 e. The summed E-state index contributed by atoms with van der Waals surface area (Å²) in [6.45, 7) is 2.98. The fraction of sp³-hybridized carbons (Fsp3) is 0.533. The number of fused-ring (bicyclic) bond motifs is 1. The number of piperidine rings is 2. The molecule has 0 aliphatic carbocycles. The third kappa shape index (κ3) is 2.99. The quantitative estimate of drug-likeness (QED) is 0.813. The van der Waals surface area contributed by atoms with E-state index >= 15 is 0 Å². The normalized spacial score (nSPS) is 26.9. The lowest BCUT2D eigenvalue weighted by Gasteiger charge is -2.41. The van der Waals surface area contributed by atoms with Gasteiger partial charge in [-0.25, -0.2) is 0 Å². The molecular weight excluding hydrogens is 318 g/mol. The molecule has 3 rings (SSSR count). The molecule has 0 saturated carbocycles. The van der Waals surface area contributed by atoms with Crippen molar-refractivity contribution in [2.24, 2.45) is 5.92 Å². The first-order valence-corrected chi connectivity index (χ1v) is 7.97. The van der Waals surface area contributed by atoms with Crippen molar-refractivity contribution in [1.82, 2.24) is 10.2 Å². The predicted molar refractivity (Wildman–Crippen MR) is 83.1 cm³/mol. The molecular formula is C15H20BrN3O. The average molecular weight is 338 g/mol. The van der Waals surface area contributed by atoms with Gasteiger partial charge >= 0.3 is 0 Å². The van der Waals surface area contributed by atoms with Gasteiger partial charge in [-0.3, -0.25) is 9.69 Å². The number of halogens is 1. The van der Waals surface area contributed by atoms with Crippen LogP contribution < -0.4 is 11.1 Å². The molecule has 1 amide bonds. The number of amides is 1. The summed E-state index contributed by atoms with van der Waals surface area (Å²) in [6.07, 6.45) is 2.74. The van der Waals surface area contributed by atoms with Gasteiger partial charge in [-0.1, -0.05) is 22.0 Å². The lowest BCUT2D eigenvalue weighted by molar-refractivity contribution is -0.125. The minimum absolute atomic E-state index is 0.219. The van der Waals surface area contributed by atoms with Crippen LogP contribution in [0.2, 0.25) is 0 Å². The molecule has 1 aromatic rings. The van der Waals surface area contributed by atoms with Crippen molar-refractivity contribution in [3.8, 4) is 0 Å². The van der Waals surface area contributed by atoms with Gasteiger partial charge in [-0.15, -0.1) is 0 Å². The highest BCUT2D eigenvalue weighted by Gasteiger charge is 2.33. The highest BCUT2D eigenvalue weighted by atomic mass is 79.9. The molecule has 0 aromatic heterocycles. The van der Waals surface area contributed by atoms with Gasteiger partial charge in [-0.05, 0) is 36.5 Å². The first kappa shape index (κ1) is 13.9. The van der Waals surface area contributed by atoms with Crippen molar-refractivity contribution in [2.75, 3.05) is 18.8 Å². The van der Waals surface area contributed by atoms with Crippen molar-refractivity contribution in [1.29, 1.82) is 0 Å². The molecule has 20 heavy (non-hydrogen) atoms. The fourth-order valence-corrected chi connectivity index (χ4v) is 3.66. The number of carbonyl (C=O) groups excluding carboxylic acids is 1. The molecule has 108 valence electrons. The number of carbonyl (C=O) groups is 1. The van der Waals surface area contributed by atoms with Gasteiger partial charge in [0.05, 0.1) is 0 Å². The zero-order chi connectivity index (χ0) is 14.1. The lowest BCUT2D eigenvalue weighted by atomic mass is 9.85.